The van der Waals surface area contributed by atoms with E-state index in [0.717, 1.165) is 155 Å². The molecule has 0 aromatic carbocycles. The molecule has 2 saturated carbocycles. The molecule has 1 aliphatic heterocycles. The second kappa shape index (κ2) is 79.1. The number of unbranched alkanes of at least 4 members (excludes halogenated alkanes) is 3. The lowest BCUT2D eigenvalue weighted by Crippen LogP contribution is -2.37. The van der Waals surface area contributed by atoms with E-state index in [4.69, 9.17) is 95.8 Å². The largest absolute Gasteiger partial charge is 0.390 e. The molecule has 0 aromatic rings. The van der Waals surface area contributed by atoms with Gasteiger partial charge in [0.15, 0.2) is 0 Å². The Balaban J connectivity index is -0.000000152. The van der Waals surface area contributed by atoms with Crippen LogP contribution >= 0.6 is 0 Å². The minimum absolute atomic E-state index is 0.162. The first kappa shape index (κ1) is 93.8. The van der Waals surface area contributed by atoms with Gasteiger partial charge in [0.25, 0.3) is 0 Å². The van der Waals surface area contributed by atoms with Gasteiger partial charge in [0.1, 0.15) is 0 Å². The molecule has 5 unspecified atom stereocenters. The number of aliphatic hydroxyl groups is 1. The predicted molar refractivity (Wildman–Crippen MR) is 359 cm³/mol. The predicted octanol–water partition coefficient (Wildman–Crippen LogP) is 0.398. The molecular formula is C59H152N20O2. The molecule has 0 radical (unpaired) electrons. The summed E-state index contributed by atoms with van der Waals surface area (Å²) in [5.74, 6) is 2.02. The molecule has 0 bridgehead atoms. The zero-order valence-corrected chi connectivity index (χ0v) is 55.5. The number of nitrogens with zero attached hydrogens (tertiary/aromatic N) is 5. The van der Waals surface area contributed by atoms with E-state index >= 15 is 0 Å². The van der Waals surface area contributed by atoms with Crippen LogP contribution in [0.3, 0.4) is 0 Å². The molecular weight excluding hydrogens is 1020 g/mol. The van der Waals surface area contributed by atoms with Crippen molar-refractivity contribution in [3.63, 3.8) is 0 Å². The summed E-state index contributed by atoms with van der Waals surface area (Å²) in [6.45, 7) is 35.4. The number of nitrogens with two attached hydrogens (primary N) is 15. The van der Waals surface area contributed by atoms with Crippen molar-refractivity contribution in [2.75, 3.05) is 192 Å². The van der Waals surface area contributed by atoms with E-state index in [0.29, 0.717) is 37.6 Å². The Labute approximate surface area is 503 Å². The standard InChI is InChI=1S/C12H28N2.C8H18N2.C7H16N2O.C7H18N2.C6H14N2.C5H14N2.2C4H12N2.C3H10N2O.C3H10N2/c1-3-5-7-11-14(10-6-4-2)12-8-9-13;9-5-7-2-1-3-8(4-7)6-10;8-2-1-3-9-4-6-10-7-5-9;1-3-9(4-2)7-5-6-8;7-5-2-1-3-6(8)4-5;1-7(2)5-3-4-6;1-6(2)4-3-5;1-4(2-5)3-6;4-1-3(6)2-5;1-3(5)2-4/h3-13H2,1-2H3;7-8H,1-6,9-10H2;1-8H2;3-8H2,1-2H3;5-6H,1-4,7-8H2;3-6H2,1-2H3;3-5H2,1-2H3;4H,2-3,5-6H2,1H3;3,6H,1-2,4-5H2;3H,2,4-5H2,1H3. The summed E-state index contributed by atoms with van der Waals surface area (Å²) < 4.78 is 5.21. The summed E-state index contributed by atoms with van der Waals surface area (Å²) in [4.78, 5) is 11.5. The summed E-state index contributed by atoms with van der Waals surface area (Å²) >= 11 is 0. The number of rotatable bonds is 30. The molecule has 1 heterocycles. The van der Waals surface area contributed by atoms with Gasteiger partial charge in [0.2, 0.25) is 0 Å². The molecule has 3 rings (SSSR count). The number of ether oxygens (including phenoxy) is 1. The minimum Gasteiger partial charge on any atom is -0.390 e. The van der Waals surface area contributed by atoms with Crippen LogP contribution in [-0.4, -0.2) is 246 Å². The van der Waals surface area contributed by atoms with Gasteiger partial charge in [-0.25, -0.2) is 0 Å². The third kappa shape index (κ3) is 88.0. The zero-order valence-electron chi connectivity index (χ0n) is 55.5. The molecule has 5 atom stereocenters. The molecule has 3 fully saturated rings. The minimum atomic E-state index is -0.509. The van der Waals surface area contributed by atoms with Crippen molar-refractivity contribution < 1.29 is 9.84 Å². The highest BCUT2D eigenvalue weighted by Gasteiger charge is 2.19. The molecule has 0 amide bonds. The van der Waals surface area contributed by atoms with Crippen molar-refractivity contribution in [3.8, 4) is 0 Å². The molecule has 3 aliphatic rings. The first-order valence-corrected chi connectivity index (χ1v) is 32.1. The number of hydrogen-bond donors (Lipinski definition) is 16. The highest BCUT2D eigenvalue weighted by Crippen LogP contribution is 2.27. The van der Waals surface area contributed by atoms with E-state index in [1.807, 2.05) is 27.9 Å². The van der Waals surface area contributed by atoms with Gasteiger partial charge in [-0.1, -0.05) is 66.7 Å². The average molecular weight is 1170 g/mol. The molecule has 1 saturated heterocycles. The van der Waals surface area contributed by atoms with E-state index in [1.165, 1.54) is 96.7 Å². The van der Waals surface area contributed by atoms with Gasteiger partial charge >= 0.3 is 0 Å². The topological polar surface area (TPSA) is 436 Å². The van der Waals surface area contributed by atoms with E-state index < -0.39 is 6.10 Å². The maximum atomic E-state index is 8.42. The van der Waals surface area contributed by atoms with Gasteiger partial charge in [-0.05, 0) is 235 Å². The molecule has 0 spiro atoms. The van der Waals surface area contributed by atoms with Crippen LogP contribution in [0, 0.1) is 17.8 Å². The highest BCUT2D eigenvalue weighted by atomic mass is 16.5. The van der Waals surface area contributed by atoms with E-state index in [9.17, 15) is 0 Å². The molecule has 31 N–H and O–H groups in total. The Morgan fingerprint density at radius 3 is 1.17 bits per heavy atom. The van der Waals surface area contributed by atoms with Crippen molar-refractivity contribution in [3.05, 3.63) is 0 Å². The maximum Gasteiger partial charge on any atom is 0.0784 e. The third-order valence-corrected chi connectivity index (χ3v) is 13.4. The Hall–Kier alpha value is -0.880. The summed E-state index contributed by atoms with van der Waals surface area (Å²) in [6.07, 6.45) is 20.5. The van der Waals surface area contributed by atoms with Crippen molar-refractivity contribution in [2.45, 2.75) is 175 Å². The number of aliphatic hydroxyl groups excluding tert-OH is 1. The maximum absolute atomic E-state index is 8.42. The molecule has 0 aromatic heterocycles. The lowest BCUT2D eigenvalue weighted by atomic mass is 9.81. The summed E-state index contributed by atoms with van der Waals surface area (Å²) in [6, 6.07) is 0.937. The van der Waals surface area contributed by atoms with Crippen molar-refractivity contribution in [1.29, 1.82) is 0 Å². The highest BCUT2D eigenvalue weighted by molar-refractivity contribution is 4.76. The quantitative estimate of drug-likeness (QED) is 0.0433. The van der Waals surface area contributed by atoms with E-state index in [1.54, 1.807) is 0 Å². The smallest absolute Gasteiger partial charge is 0.0784 e. The molecule has 81 heavy (non-hydrogen) atoms. The van der Waals surface area contributed by atoms with Crippen LogP contribution in [0.1, 0.15) is 151 Å². The van der Waals surface area contributed by atoms with Crippen LogP contribution in [0.4, 0.5) is 0 Å². The monoisotopic (exact) mass is 1170 g/mol. The van der Waals surface area contributed by atoms with Crippen LogP contribution in [0.15, 0.2) is 0 Å². The lowest BCUT2D eigenvalue weighted by Gasteiger charge is -2.26. The molecule has 2 aliphatic carbocycles. The third-order valence-electron chi connectivity index (χ3n) is 13.4. The van der Waals surface area contributed by atoms with Crippen LogP contribution in [-0.2, 0) is 4.74 Å². The number of hydrogen-bond acceptors (Lipinski definition) is 22. The van der Waals surface area contributed by atoms with Gasteiger partial charge < -0.3 is 115 Å². The van der Waals surface area contributed by atoms with Gasteiger partial charge in [-0.2, -0.15) is 0 Å². The Bertz CT molecular complexity index is 1010. The van der Waals surface area contributed by atoms with Crippen molar-refractivity contribution in [2.24, 2.45) is 104 Å². The fourth-order valence-electron chi connectivity index (χ4n) is 7.57. The summed E-state index contributed by atoms with van der Waals surface area (Å²) in [5.41, 5.74) is 79.7. The lowest BCUT2D eigenvalue weighted by molar-refractivity contribution is 0.0377. The van der Waals surface area contributed by atoms with Gasteiger partial charge in [-0.3, -0.25) is 4.90 Å². The SMILES string of the molecule is CC(CN)CN.CC(N)CN.CCCCCN(CCCC)CCCN.CCN(CC)CCCN.CN(C)CCCN.CN(C)CCN.NC1CCCC(N)C1.NCC(O)CN.NCC1CCCC(CN)C1.NCCCN1CCOCC1. The normalized spacial score (nSPS) is 17.9. The van der Waals surface area contributed by atoms with E-state index in [-0.39, 0.29) is 19.1 Å². The number of likely N-dealkylation sites (N-methyl/N-ethyl adjacent to an activating group) is 1. The van der Waals surface area contributed by atoms with Gasteiger partial charge in [0, 0.05) is 63.9 Å². The summed E-state index contributed by atoms with van der Waals surface area (Å²) in [7, 11) is 8.12. The van der Waals surface area contributed by atoms with Crippen molar-refractivity contribution in [1.82, 2.24) is 24.5 Å². The van der Waals surface area contributed by atoms with E-state index in [2.05, 4.69) is 66.3 Å². The Kier molecular flexibility index (Phi) is 91.6. The van der Waals surface area contributed by atoms with Crippen LogP contribution in [0.2, 0.25) is 0 Å². The first-order valence-electron chi connectivity index (χ1n) is 32.1. The Morgan fingerprint density at radius 1 is 0.481 bits per heavy atom. The molecule has 22 nitrogen and oxygen atoms in total. The molecule has 500 valence electrons. The molecule has 22 heteroatoms. The van der Waals surface area contributed by atoms with Crippen LogP contribution < -0.4 is 86.0 Å². The Morgan fingerprint density at radius 2 is 0.889 bits per heavy atom. The average Bonchev–Trinajstić information content (AvgIpc) is 3.48. The van der Waals surface area contributed by atoms with Crippen molar-refractivity contribution >= 4 is 0 Å². The zero-order chi connectivity index (χ0) is 63.3. The van der Waals surface area contributed by atoms with Crippen LogP contribution in [0.25, 0.3) is 0 Å². The van der Waals surface area contributed by atoms with Gasteiger partial charge in [-0.15, -0.1) is 0 Å². The summed E-state index contributed by atoms with van der Waals surface area (Å²) in [5, 5.41) is 8.42. The second-order valence-electron chi connectivity index (χ2n) is 22.3. The fraction of sp³-hybridized carbons (Fsp3) is 1.00. The number of morpholine rings is 1. The van der Waals surface area contributed by atoms with Crippen LogP contribution in [0.5, 0.6) is 0 Å². The van der Waals surface area contributed by atoms with Gasteiger partial charge in [0.05, 0.1) is 19.3 Å². The second-order valence-corrected chi connectivity index (χ2v) is 22.3. The first-order chi connectivity index (χ1) is 38.7. The fourth-order valence-corrected chi connectivity index (χ4v) is 7.57.